The van der Waals surface area contributed by atoms with Crippen molar-refractivity contribution in [3.63, 3.8) is 0 Å². The van der Waals surface area contributed by atoms with Gasteiger partial charge in [0, 0.05) is 63.3 Å². The molecule has 0 saturated carbocycles. The molecule has 2 aliphatic rings. The van der Waals surface area contributed by atoms with Crippen LogP contribution in [0.2, 0.25) is 0 Å². The minimum Gasteiger partial charge on any atom is -0.339 e. The number of carbonyl (C=O) groups is 1. The molecule has 6 nitrogen and oxygen atoms in total. The molecular weight excluding hydrogens is 350 g/mol. The molecule has 2 aliphatic heterocycles. The zero-order valence-electron chi connectivity index (χ0n) is 16.8. The maximum Gasteiger partial charge on any atom is 0.253 e. The highest BCUT2D eigenvalue weighted by Gasteiger charge is 2.29. The van der Waals surface area contributed by atoms with Crippen molar-refractivity contribution in [2.24, 2.45) is 0 Å². The third-order valence-electron chi connectivity index (χ3n) is 6.20. The number of aromatic nitrogens is 2. The molecule has 6 heteroatoms. The second-order valence-electron chi connectivity index (χ2n) is 7.90. The van der Waals surface area contributed by atoms with Crippen LogP contribution in [0.4, 0.5) is 0 Å². The van der Waals surface area contributed by atoms with Crippen molar-refractivity contribution in [1.29, 1.82) is 0 Å². The van der Waals surface area contributed by atoms with E-state index in [0.717, 1.165) is 43.6 Å². The Hall–Kier alpha value is -2.18. The quantitative estimate of drug-likeness (QED) is 0.796. The summed E-state index contributed by atoms with van der Waals surface area (Å²) in [4.78, 5) is 20.2. The summed E-state index contributed by atoms with van der Waals surface area (Å²) in [6.45, 7) is 10.5. The van der Waals surface area contributed by atoms with Gasteiger partial charge in [0.05, 0.1) is 6.54 Å². The summed E-state index contributed by atoms with van der Waals surface area (Å²) in [5.41, 5.74) is 1.90. The molecule has 2 fully saturated rings. The standard InChI is InChI=1S/C22H31N5O/c1-2-24-13-15-25(16-14-24)21-7-11-26(12-8-21)22(28)20-6-3-5-19(17-20)18-27-10-4-9-23-27/h3-6,9-10,17,21H,2,7-8,11-16,18H2,1H3. The minimum absolute atomic E-state index is 0.163. The zero-order chi connectivity index (χ0) is 19.3. The summed E-state index contributed by atoms with van der Waals surface area (Å²) < 4.78 is 1.88. The van der Waals surface area contributed by atoms with Crippen molar-refractivity contribution < 1.29 is 4.79 Å². The molecule has 0 bridgehead atoms. The normalized spacial score (nSPS) is 19.8. The van der Waals surface area contributed by atoms with Gasteiger partial charge in [0.25, 0.3) is 5.91 Å². The molecule has 3 heterocycles. The Morgan fingerprint density at radius 1 is 1.07 bits per heavy atom. The molecule has 150 valence electrons. The van der Waals surface area contributed by atoms with Crippen LogP contribution in [0.3, 0.4) is 0 Å². The van der Waals surface area contributed by atoms with Crippen LogP contribution in [0.5, 0.6) is 0 Å². The zero-order valence-corrected chi connectivity index (χ0v) is 16.8. The van der Waals surface area contributed by atoms with Crippen molar-refractivity contribution in [2.45, 2.75) is 32.4 Å². The van der Waals surface area contributed by atoms with Gasteiger partial charge in [0.1, 0.15) is 0 Å². The molecule has 0 aliphatic carbocycles. The maximum atomic E-state index is 13.0. The number of hydrogen-bond donors (Lipinski definition) is 0. The van der Waals surface area contributed by atoms with Gasteiger partial charge >= 0.3 is 0 Å². The van der Waals surface area contributed by atoms with Gasteiger partial charge in [-0.1, -0.05) is 19.1 Å². The van der Waals surface area contributed by atoms with E-state index in [1.54, 1.807) is 6.20 Å². The number of likely N-dealkylation sites (tertiary alicyclic amines) is 1. The molecule has 4 rings (SSSR count). The lowest BCUT2D eigenvalue weighted by molar-refractivity contribution is 0.0490. The Labute approximate surface area is 167 Å². The van der Waals surface area contributed by atoms with Crippen LogP contribution in [0.1, 0.15) is 35.7 Å². The Bertz CT molecular complexity index is 759. The van der Waals surface area contributed by atoms with Gasteiger partial charge in [-0.15, -0.1) is 0 Å². The SMILES string of the molecule is CCN1CCN(C2CCN(C(=O)c3cccc(Cn4cccn4)c3)CC2)CC1. The number of piperazine rings is 1. The third kappa shape index (κ3) is 4.45. The first kappa shape index (κ1) is 19.2. The van der Waals surface area contributed by atoms with Crippen LogP contribution in [-0.4, -0.2) is 82.2 Å². The number of piperidine rings is 1. The molecule has 0 N–H and O–H groups in total. The van der Waals surface area contributed by atoms with Crippen LogP contribution < -0.4 is 0 Å². The molecule has 0 atom stereocenters. The van der Waals surface area contributed by atoms with Crippen molar-refractivity contribution in [1.82, 2.24) is 24.5 Å². The molecule has 1 aromatic heterocycles. The highest BCUT2D eigenvalue weighted by molar-refractivity contribution is 5.94. The molecule has 0 radical (unpaired) electrons. The van der Waals surface area contributed by atoms with E-state index >= 15 is 0 Å². The van der Waals surface area contributed by atoms with Crippen LogP contribution in [0.25, 0.3) is 0 Å². The van der Waals surface area contributed by atoms with E-state index in [1.165, 1.54) is 26.2 Å². The topological polar surface area (TPSA) is 44.6 Å². The van der Waals surface area contributed by atoms with Crippen LogP contribution in [-0.2, 0) is 6.54 Å². The van der Waals surface area contributed by atoms with Gasteiger partial charge in [0.2, 0.25) is 0 Å². The molecule has 2 saturated heterocycles. The predicted molar refractivity (Wildman–Crippen MR) is 110 cm³/mol. The molecule has 2 aromatic rings. The van der Waals surface area contributed by atoms with E-state index in [9.17, 15) is 4.79 Å². The number of benzene rings is 1. The lowest BCUT2D eigenvalue weighted by atomic mass is 10.0. The van der Waals surface area contributed by atoms with Crippen molar-refractivity contribution in [2.75, 3.05) is 45.8 Å². The van der Waals surface area contributed by atoms with E-state index in [0.29, 0.717) is 12.6 Å². The number of likely N-dealkylation sites (N-methyl/N-ethyl adjacent to an activating group) is 1. The summed E-state index contributed by atoms with van der Waals surface area (Å²) in [5, 5.41) is 4.25. The highest BCUT2D eigenvalue weighted by Crippen LogP contribution is 2.20. The van der Waals surface area contributed by atoms with E-state index in [-0.39, 0.29) is 5.91 Å². The summed E-state index contributed by atoms with van der Waals surface area (Å²) in [5.74, 6) is 0.163. The minimum atomic E-state index is 0.163. The Morgan fingerprint density at radius 3 is 2.54 bits per heavy atom. The Morgan fingerprint density at radius 2 is 1.86 bits per heavy atom. The number of amides is 1. The fourth-order valence-corrected chi connectivity index (χ4v) is 4.45. The smallest absolute Gasteiger partial charge is 0.253 e. The van der Waals surface area contributed by atoms with Gasteiger partial charge in [-0.3, -0.25) is 14.4 Å². The van der Waals surface area contributed by atoms with Gasteiger partial charge < -0.3 is 9.80 Å². The summed E-state index contributed by atoms with van der Waals surface area (Å²) in [7, 11) is 0. The van der Waals surface area contributed by atoms with Crippen molar-refractivity contribution in [3.05, 3.63) is 53.9 Å². The Balaban J connectivity index is 1.31. The fourth-order valence-electron chi connectivity index (χ4n) is 4.45. The summed E-state index contributed by atoms with van der Waals surface area (Å²) in [6, 6.07) is 10.5. The second-order valence-corrected chi connectivity index (χ2v) is 7.90. The number of nitrogens with zero attached hydrogens (tertiary/aromatic N) is 5. The molecule has 28 heavy (non-hydrogen) atoms. The summed E-state index contributed by atoms with van der Waals surface area (Å²) >= 11 is 0. The van der Waals surface area contributed by atoms with E-state index in [1.807, 2.05) is 40.0 Å². The van der Waals surface area contributed by atoms with Crippen LogP contribution >= 0.6 is 0 Å². The monoisotopic (exact) mass is 381 g/mol. The first-order valence-electron chi connectivity index (χ1n) is 10.5. The second kappa shape index (κ2) is 8.88. The average Bonchev–Trinajstić information content (AvgIpc) is 3.27. The third-order valence-corrected chi connectivity index (χ3v) is 6.20. The molecule has 1 aromatic carbocycles. The van der Waals surface area contributed by atoms with Gasteiger partial charge in [-0.25, -0.2) is 0 Å². The molecule has 0 unspecified atom stereocenters. The number of rotatable bonds is 5. The van der Waals surface area contributed by atoms with Crippen molar-refractivity contribution >= 4 is 5.91 Å². The van der Waals surface area contributed by atoms with Gasteiger partial charge in [0.15, 0.2) is 0 Å². The molecular formula is C22H31N5O. The lowest BCUT2D eigenvalue weighted by Crippen LogP contribution is -2.53. The largest absolute Gasteiger partial charge is 0.339 e. The van der Waals surface area contributed by atoms with E-state index in [2.05, 4.69) is 27.9 Å². The van der Waals surface area contributed by atoms with E-state index < -0.39 is 0 Å². The van der Waals surface area contributed by atoms with Gasteiger partial charge in [-0.05, 0) is 43.1 Å². The van der Waals surface area contributed by atoms with Crippen LogP contribution in [0.15, 0.2) is 42.7 Å². The Kier molecular flexibility index (Phi) is 6.07. The maximum absolute atomic E-state index is 13.0. The van der Waals surface area contributed by atoms with Crippen LogP contribution in [0, 0.1) is 0 Å². The first-order chi connectivity index (χ1) is 13.7. The number of hydrogen-bond acceptors (Lipinski definition) is 4. The molecule has 0 spiro atoms. The highest BCUT2D eigenvalue weighted by atomic mass is 16.2. The average molecular weight is 382 g/mol. The molecule has 1 amide bonds. The lowest BCUT2D eigenvalue weighted by Gasteiger charge is -2.42. The fraction of sp³-hybridized carbons (Fsp3) is 0.545. The van der Waals surface area contributed by atoms with Gasteiger partial charge in [-0.2, -0.15) is 5.10 Å². The van der Waals surface area contributed by atoms with E-state index in [4.69, 9.17) is 0 Å². The summed E-state index contributed by atoms with van der Waals surface area (Å²) in [6.07, 6.45) is 5.90. The predicted octanol–water partition coefficient (Wildman–Crippen LogP) is 2.17. The first-order valence-corrected chi connectivity index (χ1v) is 10.5. The van der Waals surface area contributed by atoms with Crippen molar-refractivity contribution in [3.8, 4) is 0 Å². The number of carbonyl (C=O) groups excluding carboxylic acids is 1.